The maximum absolute atomic E-state index is 11.6. The van der Waals surface area contributed by atoms with Crippen molar-refractivity contribution in [1.29, 1.82) is 0 Å². The van der Waals surface area contributed by atoms with E-state index in [9.17, 15) is 14.7 Å². The highest BCUT2D eigenvalue weighted by Gasteiger charge is 2.44. The fourth-order valence-electron chi connectivity index (χ4n) is 2.96. The van der Waals surface area contributed by atoms with Crippen molar-refractivity contribution in [1.82, 2.24) is 9.78 Å². The zero-order chi connectivity index (χ0) is 15.1. The van der Waals surface area contributed by atoms with Gasteiger partial charge < -0.3 is 15.7 Å². The number of hydrogen-bond donors (Lipinski definition) is 2. The predicted octanol–water partition coefficient (Wildman–Crippen LogP) is 0.519. The molecule has 0 radical (unpaired) electrons. The van der Waals surface area contributed by atoms with Crippen LogP contribution in [0.5, 0.6) is 0 Å². The van der Waals surface area contributed by atoms with Crippen LogP contribution in [-0.4, -0.2) is 39.9 Å². The molecule has 2 heterocycles. The minimum Gasteiger partial charge on any atom is -0.481 e. The van der Waals surface area contributed by atoms with Crippen molar-refractivity contribution in [3.05, 3.63) is 11.3 Å². The molecule has 20 heavy (non-hydrogen) atoms. The van der Waals surface area contributed by atoms with Crippen molar-refractivity contribution in [2.75, 3.05) is 18.0 Å². The van der Waals surface area contributed by atoms with Crippen LogP contribution in [0, 0.1) is 12.3 Å². The minimum atomic E-state index is -0.790. The highest BCUT2D eigenvalue weighted by molar-refractivity contribution is 5.99. The Hall–Kier alpha value is -2.05. The lowest BCUT2D eigenvalue weighted by Gasteiger charge is -2.24. The number of primary amides is 1. The topological polar surface area (TPSA) is 101 Å². The van der Waals surface area contributed by atoms with E-state index in [0.717, 1.165) is 0 Å². The van der Waals surface area contributed by atoms with Gasteiger partial charge in [0.1, 0.15) is 11.4 Å². The van der Waals surface area contributed by atoms with Crippen LogP contribution in [0.2, 0.25) is 0 Å². The molecule has 1 aliphatic heterocycles. The van der Waals surface area contributed by atoms with E-state index in [1.807, 2.05) is 11.8 Å². The molecule has 1 fully saturated rings. The van der Waals surface area contributed by atoms with Crippen LogP contribution in [-0.2, 0) is 11.8 Å². The van der Waals surface area contributed by atoms with Crippen LogP contribution in [0.25, 0.3) is 0 Å². The summed E-state index contributed by atoms with van der Waals surface area (Å²) in [5.74, 6) is -0.705. The van der Waals surface area contributed by atoms with E-state index in [0.29, 0.717) is 43.0 Å². The maximum atomic E-state index is 11.6. The summed E-state index contributed by atoms with van der Waals surface area (Å²) < 4.78 is 1.60. The second-order valence-electron chi connectivity index (χ2n) is 5.38. The molecule has 1 unspecified atom stereocenters. The first-order valence-electron chi connectivity index (χ1n) is 6.64. The first-order valence-corrected chi connectivity index (χ1v) is 6.64. The van der Waals surface area contributed by atoms with Gasteiger partial charge in [-0.05, 0) is 19.8 Å². The first kappa shape index (κ1) is 14.4. The van der Waals surface area contributed by atoms with Gasteiger partial charge in [-0.2, -0.15) is 5.10 Å². The van der Waals surface area contributed by atoms with Crippen molar-refractivity contribution in [2.45, 2.75) is 26.7 Å². The molecule has 1 aromatic heterocycles. The molecular weight excluding hydrogens is 260 g/mol. The van der Waals surface area contributed by atoms with Gasteiger partial charge in [0.25, 0.3) is 5.91 Å². The van der Waals surface area contributed by atoms with E-state index in [2.05, 4.69) is 5.10 Å². The van der Waals surface area contributed by atoms with Crippen LogP contribution >= 0.6 is 0 Å². The molecule has 0 bridgehead atoms. The molecule has 1 aliphatic rings. The molecule has 1 atom stereocenters. The second kappa shape index (κ2) is 4.81. The summed E-state index contributed by atoms with van der Waals surface area (Å²) in [7, 11) is 1.74. The summed E-state index contributed by atoms with van der Waals surface area (Å²) in [6, 6.07) is 0. The number of carboxylic acid groups (broad SMARTS) is 1. The van der Waals surface area contributed by atoms with E-state index < -0.39 is 17.3 Å². The Bertz CT molecular complexity index is 566. The minimum absolute atomic E-state index is 0.373. The van der Waals surface area contributed by atoms with Gasteiger partial charge in [-0.1, -0.05) is 6.92 Å². The van der Waals surface area contributed by atoms with Crippen LogP contribution in [0.4, 0.5) is 5.82 Å². The van der Waals surface area contributed by atoms with E-state index in [1.165, 1.54) is 0 Å². The lowest BCUT2D eigenvalue weighted by molar-refractivity contribution is -0.147. The van der Waals surface area contributed by atoms with Crippen molar-refractivity contribution in [3.8, 4) is 0 Å². The molecule has 0 aromatic carbocycles. The summed E-state index contributed by atoms with van der Waals surface area (Å²) in [5, 5.41) is 13.7. The van der Waals surface area contributed by atoms with Crippen LogP contribution in [0.3, 0.4) is 0 Å². The Balaban J connectivity index is 2.40. The van der Waals surface area contributed by atoms with Gasteiger partial charge in [0.05, 0.1) is 11.1 Å². The summed E-state index contributed by atoms with van der Waals surface area (Å²) in [4.78, 5) is 25.0. The third kappa shape index (κ3) is 2.03. The lowest BCUT2D eigenvalue weighted by atomic mass is 9.84. The molecule has 7 heteroatoms. The Morgan fingerprint density at radius 3 is 2.60 bits per heavy atom. The third-order valence-electron chi connectivity index (χ3n) is 4.22. The number of anilines is 1. The van der Waals surface area contributed by atoms with Gasteiger partial charge in [-0.25, -0.2) is 0 Å². The van der Waals surface area contributed by atoms with Crippen molar-refractivity contribution < 1.29 is 14.7 Å². The van der Waals surface area contributed by atoms with E-state index in [-0.39, 0.29) is 0 Å². The fraction of sp³-hybridized carbons (Fsp3) is 0.615. The summed E-state index contributed by atoms with van der Waals surface area (Å²) in [6.45, 7) is 4.56. The Kier molecular flexibility index (Phi) is 3.45. The maximum Gasteiger partial charge on any atom is 0.311 e. The van der Waals surface area contributed by atoms with E-state index in [4.69, 9.17) is 5.73 Å². The molecule has 2 rings (SSSR count). The zero-order valence-electron chi connectivity index (χ0n) is 12.0. The lowest BCUT2D eigenvalue weighted by Crippen LogP contribution is -2.35. The average molecular weight is 280 g/mol. The van der Waals surface area contributed by atoms with E-state index >= 15 is 0 Å². The number of aryl methyl sites for hydroxylation is 2. The number of carbonyl (C=O) groups is 2. The van der Waals surface area contributed by atoms with Gasteiger partial charge >= 0.3 is 5.97 Å². The number of carbonyl (C=O) groups excluding carboxylic acids is 1. The highest BCUT2D eigenvalue weighted by Crippen LogP contribution is 2.38. The number of hydrogen-bond acceptors (Lipinski definition) is 4. The average Bonchev–Trinajstić information content (AvgIpc) is 2.90. The molecule has 1 amide bonds. The predicted molar refractivity (Wildman–Crippen MR) is 73.7 cm³/mol. The quantitative estimate of drug-likeness (QED) is 0.837. The van der Waals surface area contributed by atoms with Crippen LogP contribution in [0.15, 0.2) is 0 Å². The standard InChI is InChI=1S/C13H20N4O3/c1-4-13(12(19)20)5-6-17(7-13)11-9(10(14)18)8(2)15-16(11)3/h4-7H2,1-3H3,(H2,14,18)(H,19,20). The van der Waals surface area contributed by atoms with Gasteiger partial charge in [-0.15, -0.1) is 0 Å². The smallest absolute Gasteiger partial charge is 0.311 e. The van der Waals surface area contributed by atoms with Crippen molar-refractivity contribution in [3.63, 3.8) is 0 Å². The molecule has 1 saturated heterocycles. The van der Waals surface area contributed by atoms with Crippen molar-refractivity contribution >= 4 is 17.7 Å². The SMILES string of the molecule is CCC1(C(=O)O)CCN(c2c(C(N)=O)c(C)nn2C)C1. The van der Waals surface area contributed by atoms with Gasteiger partial charge in [0, 0.05) is 20.1 Å². The van der Waals surface area contributed by atoms with Gasteiger partial charge in [0.15, 0.2) is 0 Å². The Labute approximate surface area is 117 Å². The molecule has 0 aliphatic carbocycles. The molecule has 0 saturated carbocycles. The van der Waals surface area contributed by atoms with E-state index in [1.54, 1.807) is 18.7 Å². The number of rotatable bonds is 4. The highest BCUT2D eigenvalue weighted by atomic mass is 16.4. The molecule has 110 valence electrons. The largest absolute Gasteiger partial charge is 0.481 e. The Morgan fingerprint density at radius 1 is 1.50 bits per heavy atom. The summed E-state index contributed by atoms with van der Waals surface area (Å²) >= 11 is 0. The zero-order valence-corrected chi connectivity index (χ0v) is 12.0. The monoisotopic (exact) mass is 280 g/mol. The van der Waals surface area contributed by atoms with Crippen molar-refractivity contribution in [2.24, 2.45) is 18.2 Å². The second-order valence-corrected chi connectivity index (χ2v) is 5.38. The van der Waals surface area contributed by atoms with Gasteiger partial charge in [-0.3, -0.25) is 14.3 Å². The Morgan fingerprint density at radius 2 is 2.15 bits per heavy atom. The third-order valence-corrected chi connectivity index (χ3v) is 4.22. The number of nitrogens with two attached hydrogens (primary N) is 1. The molecule has 3 N–H and O–H groups in total. The number of nitrogens with zero attached hydrogens (tertiary/aromatic N) is 3. The number of aliphatic carboxylic acids is 1. The molecule has 0 spiro atoms. The molecule has 7 nitrogen and oxygen atoms in total. The molecule has 1 aromatic rings. The fourth-order valence-corrected chi connectivity index (χ4v) is 2.96. The molecular formula is C13H20N4O3. The van der Waals surface area contributed by atoms with Crippen LogP contribution < -0.4 is 10.6 Å². The summed E-state index contributed by atoms with van der Waals surface area (Å²) in [5.41, 5.74) is 5.61. The summed E-state index contributed by atoms with van der Waals surface area (Å²) in [6.07, 6.45) is 1.11. The number of amides is 1. The normalized spacial score (nSPS) is 22.2. The number of carboxylic acids is 1. The van der Waals surface area contributed by atoms with Crippen LogP contribution in [0.1, 0.15) is 35.8 Å². The first-order chi connectivity index (χ1) is 9.32. The number of aromatic nitrogens is 2. The van der Waals surface area contributed by atoms with Gasteiger partial charge in [0.2, 0.25) is 0 Å².